The van der Waals surface area contributed by atoms with E-state index in [4.69, 9.17) is 31.2 Å². The highest BCUT2D eigenvalue weighted by atomic mass is 32.1. The Bertz CT molecular complexity index is 1200. The average molecular weight is 484 g/mol. The molecule has 180 valence electrons. The van der Waals surface area contributed by atoms with Gasteiger partial charge in [-0.2, -0.15) is 0 Å². The zero-order valence-corrected chi connectivity index (χ0v) is 20.2. The molecule has 0 bridgehead atoms. The Labute approximate surface area is 203 Å². The van der Waals surface area contributed by atoms with Crippen LogP contribution in [0.15, 0.2) is 47.3 Å². The summed E-state index contributed by atoms with van der Waals surface area (Å²) in [5, 5.41) is 4.74. The Kier molecular flexibility index (Phi) is 7.87. The number of rotatable bonds is 9. The van der Waals surface area contributed by atoms with Crippen LogP contribution in [0.1, 0.15) is 17.5 Å². The van der Waals surface area contributed by atoms with Crippen LogP contribution in [-0.4, -0.2) is 55.6 Å². The van der Waals surface area contributed by atoms with E-state index in [-0.39, 0.29) is 5.56 Å². The largest absolute Gasteiger partial charge is 0.497 e. The van der Waals surface area contributed by atoms with Crippen molar-refractivity contribution in [3.63, 3.8) is 0 Å². The van der Waals surface area contributed by atoms with Crippen molar-refractivity contribution in [2.45, 2.75) is 19.5 Å². The monoisotopic (exact) mass is 483 g/mol. The van der Waals surface area contributed by atoms with Crippen LogP contribution in [0.5, 0.6) is 17.2 Å². The van der Waals surface area contributed by atoms with Crippen LogP contribution in [0.25, 0.3) is 10.9 Å². The summed E-state index contributed by atoms with van der Waals surface area (Å²) in [4.78, 5) is 17.9. The molecule has 1 aliphatic heterocycles. The number of ether oxygens (including phenoxy) is 4. The van der Waals surface area contributed by atoms with Gasteiger partial charge in [-0.25, -0.2) is 0 Å². The van der Waals surface area contributed by atoms with E-state index in [1.54, 1.807) is 14.2 Å². The van der Waals surface area contributed by atoms with Crippen molar-refractivity contribution in [3.05, 3.63) is 63.9 Å². The number of aromatic amines is 1. The lowest BCUT2D eigenvalue weighted by Crippen LogP contribution is -2.40. The van der Waals surface area contributed by atoms with E-state index in [1.165, 1.54) is 0 Å². The molecule has 2 N–H and O–H groups in total. The molecule has 4 rings (SSSR count). The Balaban J connectivity index is 1.58. The number of nitrogens with one attached hydrogen (secondary N) is 2. The minimum atomic E-state index is -0.161. The number of hydrogen-bond donors (Lipinski definition) is 2. The third-order valence-corrected chi connectivity index (χ3v) is 5.97. The molecule has 1 aromatic heterocycles. The lowest BCUT2D eigenvalue weighted by Gasteiger charge is -2.26. The lowest BCUT2D eigenvalue weighted by molar-refractivity contribution is 0.172. The van der Waals surface area contributed by atoms with Gasteiger partial charge in [0.25, 0.3) is 5.56 Å². The molecular formula is C25H29N3O5S. The number of thiocarbonyl (C=S) groups is 1. The first-order valence-electron chi connectivity index (χ1n) is 11.2. The number of H-pyrrole nitrogens is 1. The standard InChI is InChI=1S/C25H29N3O5S/c1-30-9-3-8-26-25(34)28(15-17-4-6-20(31-2)7-5-17)16-19-12-18-13-22-23(33-11-10-32-22)14-21(18)27-24(19)29/h4-7,12-14H,3,8-11,15-16H2,1-2H3,(H,26,34)(H,27,29). The van der Waals surface area contributed by atoms with Gasteiger partial charge in [-0.1, -0.05) is 12.1 Å². The van der Waals surface area contributed by atoms with Gasteiger partial charge in [0, 0.05) is 43.8 Å². The highest BCUT2D eigenvalue weighted by molar-refractivity contribution is 7.80. The van der Waals surface area contributed by atoms with Gasteiger partial charge >= 0.3 is 0 Å². The van der Waals surface area contributed by atoms with Crippen molar-refractivity contribution >= 4 is 28.2 Å². The predicted octanol–water partition coefficient (Wildman–Crippen LogP) is 3.22. The SMILES string of the molecule is COCCCNC(=S)N(Cc1ccc(OC)cc1)Cc1cc2cc3c(cc2[nH]c1=O)OCCO3. The van der Waals surface area contributed by atoms with E-state index in [1.807, 2.05) is 47.4 Å². The van der Waals surface area contributed by atoms with E-state index >= 15 is 0 Å². The minimum absolute atomic E-state index is 0.161. The second-order valence-electron chi connectivity index (χ2n) is 7.99. The van der Waals surface area contributed by atoms with Crippen LogP contribution in [0.4, 0.5) is 0 Å². The maximum absolute atomic E-state index is 12.9. The van der Waals surface area contributed by atoms with Crippen LogP contribution >= 0.6 is 12.2 Å². The van der Waals surface area contributed by atoms with Gasteiger partial charge in [0.1, 0.15) is 19.0 Å². The van der Waals surface area contributed by atoms with Crippen molar-refractivity contribution in [1.82, 2.24) is 15.2 Å². The first kappa shape index (κ1) is 23.8. The molecule has 2 aromatic carbocycles. The molecule has 0 aliphatic carbocycles. The summed E-state index contributed by atoms with van der Waals surface area (Å²) in [6.45, 7) is 3.22. The lowest BCUT2D eigenvalue weighted by atomic mass is 10.1. The zero-order chi connectivity index (χ0) is 23.9. The molecule has 2 heterocycles. The summed E-state index contributed by atoms with van der Waals surface area (Å²) in [7, 11) is 3.31. The van der Waals surface area contributed by atoms with E-state index in [0.29, 0.717) is 67.1 Å². The Hall–Kier alpha value is -3.30. The van der Waals surface area contributed by atoms with E-state index in [0.717, 1.165) is 23.1 Å². The van der Waals surface area contributed by atoms with Crippen molar-refractivity contribution in [2.75, 3.05) is 40.6 Å². The van der Waals surface area contributed by atoms with Gasteiger partial charge in [0.2, 0.25) is 0 Å². The van der Waals surface area contributed by atoms with E-state index in [9.17, 15) is 4.79 Å². The topological polar surface area (TPSA) is 85.1 Å². The fourth-order valence-electron chi connectivity index (χ4n) is 3.79. The van der Waals surface area contributed by atoms with Crippen molar-refractivity contribution in [2.24, 2.45) is 0 Å². The molecular weight excluding hydrogens is 454 g/mol. The van der Waals surface area contributed by atoms with Crippen LogP contribution < -0.4 is 25.1 Å². The quantitative estimate of drug-likeness (QED) is 0.355. The third-order valence-electron chi connectivity index (χ3n) is 5.57. The van der Waals surface area contributed by atoms with E-state index in [2.05, 4.69) is 10.3 Å². The Morgan fingerprint density at radius 3 is 2.53 bits per heavy atom. The maximum Gasteiger partial charge on any atom is 0.253 e. The third kappa shape index (κ3) is 5.78. The number of fused-ring (bicyclic) bond motifs is 2. The Morgan fingerprint density at radius 1 is 1.09 bits per heavy atom. The Morgan fingerprint density at radius 2 is 1.82 bits per heavy atom. The number of methoxy groups -OCH3 is 2. The molecule has 34 heavy (non-hydrogen) atoms. The summed E-state index contributed by atoms with van der Waals surface area (Å²) < 4.78 is 21.7. The van der Waals surface area contributed by atoms with E-state index < -0.39 is 0 Å². The van der Waals surface area contributed by atoms with Crippen LogP contribution in [-0.2, 0) is 17.8 Å². The number of nitrogens with zero attached hydrogens (tertiary/aromatic N) is 1. The zero-order valence-electron chi connectivity index (χ0n) is 19.4. The highest BCUT2D eigenvalue weighted by Gasteiger charge is 2.17. The molecule has 3 aromatic rings. The molecule has 9 heteroatoms. The number of aromatic nitrogens is 1. The summed E-state index contributed by atoms with van der Waals surface area (Å²) in [6.07, 6.45) is 0.830. The fourth-order valence-corrected chi connectivity index (χ4v) is 4.02. The minimum Gasteiger partial charge on any atom is -0.497 e. The van der Waals surface area contributed by atoms with Crippen LogP contribution in [0.2, 0.25) is 0 Å². The second kappa shape index (κ2) is 11.2. The highest BCUT2D eigenvalue weighted by Crippen LogP contribution is 2.33. The average Bonchev–Trinajstić information content (AvgIpc) is 2.85. The van der Waals surface area contributed by atoms with Gasteiger partial charge in [0.15, 0.2) is 16.6 Å². The smallest absolute Gasteiger partial charge is 0.253 e. The molecule has 0 radical (unpaired) electrons. The van der Waals surface area contributed by atoms with Crippen molar-refractivity contribution in [3.8, 4) is 17.2 Å². The van der Waals surface area contributed by atoms with Crippen LogP contribution in [0.3, 0.4) is 0 Å². The number of benzene rings is 2. The molecule has 1 aliphatic rings. The maximum atomic E-state index is 12.9. The normalized spacial score (nSPS) is 12.4. The van der Waals surface area contributed by atoms with Crippen molar-refractivity contribution < 1.29 is 18.9 Å². The summed E-state index contributed by atoms with van der Waals surface area (Å²) in [5.41, 5.74) is 2.21. The van der Waals surface area contributed by atoms with Gasteiger partial charge in [-0.15, -0.1) is 0 Å². The predicted molar refractivity (Wildman–Crippen MR) is 135 cm³/mol. The second-order valence-corrected chi connectivity index (χ2v) is 8.38. The van der Waals surface area contributed by atoms with Gasteiger partial charge < -0.3 is 34.1 Å². The fraction of sp³-hybridized carbons (Fsp3) is 0.360. The summed E-state index contributed by atoms with van der Waals surface area (Å²) >= 11 is 5.69. The molecule has 0 saturated heterocycles. The molecule has 8 nitrogen and oxygen atoms in total. The first-order chi connectivity index (χ1) is 16.6. The molecule has 0 fully saturated rings. The molecule has 0 amide bonds. The van der Waals surface area contributed by atoms with Crippen LogP contribution in [0, 0.1) is 0 Å². The number of pyridine rings is 1. The molecule has 0 spiro atoms. The van der Waals surface area contributed by atoms with Gasteiger partial charge in [-0.3, -0.25) is 4.79 Å². The first-order valence-corrected chi connectivity index (χ1v) is 11.6. The molecule has 0 unspecified atom stereocenters. The summed E-state index contributed by atoms with van der Waals surface area (Å²) in [5.74, 6) is 2.11. The number of hydrogen-bond acceptors (Lipinski definition) is 6. The van der Waals surface area contributed by atoms with Gasteiger partial charge in [-0.05, 0) is 48.5 Å². The van der Waals surface area contributed by atoms with Crippen molar-refractivity contribution in [1.29, 1.82) is 0 Å². The molecule has 0 saturated carbocycles. The summed E-state index contributed by atoms with van der Waals surface area (Å²) in [6, 6.07) is 13.4. The van der Waals surface area contributed by atoms with Gasteiger partial charge in [0.05, 0.1) is 19.2 Å². The molecule has 0 atom stereocenters.